The average molecular weight is 380 g/mol. The van der Waals surface area contributed by atoms with Crippen molar-refractivity contribution in [3.05, 3.63) is 76.4 Å². The molecule has 3 rings (SSSR count). The van der Waals surface area contributed by atoms with Gasteiger partial charge in [-0.2, -0.15) is 0 Å². The number of halogens is 1. The van der Waals surface area contributed by atoms with E-state index in [0.29, 0.717) is 17.8 Å². The van der Waals surface area contributed by atoms with Crippen LogP contribution in [0.1, 0.15) is 38.7 Å². The summed E-state index contributed by atoms with van der Waals surface area (Å²) in [5.74, 6) is -0.142. The summed E-state index contributed by atoms with van der Waals surface area (Å²) >= 11 is 0. The summed E-state index contributed by atoms with van der Waals surface area (Å²) < 4.78 is 25.6. The number of allylic oxidation sites excluding steroid dienone is 2. The molecule has 0 aliphatic carbocycles. The number of aryl methyl sites for hydroxylation is 1. The number of hydrogen-bond acceptors (Lipinski definition) is 3. The maximum absolute atomic E-state index is 14.7. The molecule has 0 amide bonds. The van der Waals surface area contributed by atoms with E-state index < -0.39 is 11.4 Å². The van der Waals surface area contributed by atoms with Gasteiger partial charge in [-0.3, -0.25) is 0 Å². The Kier molecular flexibility index (Phi) is 6.64. The lowest BCUT2D eigenvalue weighted by atomic mass is 10.0. The Hall–Kier alpha value is -2.88. The van der Waals surface area contributed by atoms with Gasteiger partial charge in [-0.1, -0.05) is 55.8 Å². The Bertz CT molecular complexity index is 1020. The molecule has 0 saturated heterocycles. The standard InChI is InChI=1S/C24H25FO3/c1-3-5-7-8-17-9-11-18(12-10-17)21-16-19-13-14-20(27-15-6-4-2)23(25)22(19)24(26)28-21/h3,5,9-14,16H,4,6-8,15H2,1-2H3/b5-3+. The number of ether oxygens (including phenoxy) is 1. The van der Waals surface area contributed by atoms with Crippen LogP contribution in [0.4, 0.5) is 4.39 Å². The van der Waals surface area contributed by atoms with Crippen molar-refractivity contribution >= 4 is 10.8 Å². The Morgan fingerprint density at radius 2 is 1.93 bits per heavy atom. The summed E-state index contributed by atoms with van der Waals surface area (Å²) in [4.78, 5) is 12.4. The zero-order valence-electron chi connectivity index (χ0n) is 16.3. The molecule has 1 heterocycles. The van der Waals surface area contributed by atoms with Crippen molar-refractivity contribution in [2.75, 3.05) is 6.61 Å². The topological polar surface area (TPSA) is 39.4 Å². The summed E-state index contributed by atoms with van der Waals surface area (Å²) in [5.41, 5.74) is 1.31. The Morgan fingerprint density at radius 1 is 1.14 bits per heavy atom. The van der Waals surface area contributed by atoms with Crippen molar-refractivity contribution < 1.29 is 13.5 Å². The predicted octanol–water partition coefficient (Wildman–Crippen LogP) is 6.29. The second-order valence-electron chi connectivity index (χ2n) is 6.75. The lowest BCUT2D eigenvalue weighted by molar-refractivity contribution is 0.295. The van der Waals surface area contributed by atoms with Crippen LogP contribution in [0, 0.1) is 5.82 Å². The zero-order valence-corrected chi connectivity index (χ0v) is 16.3. The highest BCUT2D eigenvalue weighted by atomic mass is 19.1. The van der Waals surface area contributed by atoms with Crippen molar-refractivity contribution in [2.45, 2.75) is 39.5 Å². The van der Waals surface area contributed by atoms with Gasteiger partial charge in [0.15, 0.2) is 11.6 Å². The Balaban J connectivity index is 1.89. The van der Waals surface area contributed by atoms with Gasteiger partial charge in [-0.15, -0.1) is 0 Å². The van der Waals surface area contributed by atoms with Gasteiger partial charge >= 0.3 is 5.63 Å². The minimum absolute atomic E-state index is 0.0688. The van der Waals surface area contributed by atoms with E-state index in [-0.39, 0.29) is 11.1 Å². The molecule has 28 heavy (non-hydrogen) atoms. The lowest BCUT2D eigenvalue weighted by Crippen LogP contribution is -2.06. The van der Waals surface area contributed by atoms with Crippen LogP contribution in [0.2, 0.25) is 0 Å². The average Bonchev–Trinajstić information content (AvgIpc) is 2.70. The number of benzene rings is 2. The Labute approximate surface area is 164 Å². The normalized spacial score (nSPS) is 11.4. The second-order valence-corrected chi connectivity index (χ2v) is 6.75. The van der Waals surface area contributed by atoms with Gasteiger partial charge in [-0.05, 0) is 49.3 Å². The molecule has 2 aromatic carbocycles. The monoisotopic (exact) mass is 380 g/mol. The van der Waals surface area contributed by atoms with Crippen LogP contribution in [0.5, 0.6) is 5.75 Å². The third-order valence-corrected chi connectivity index (χ3v) is 4.66. The third kappa shape index (κ3) is 4.50. The van der Waals surface area contributed by atoms with E-state index in [1.165, 1.54) is 5.56 Å². The van der Waals surface area contributed by atoms with E-state index >= 15 is 0 Å². The van der Waals surface area contributed by atoms with Crippen LogP contribution in [0.25, 0.3) is 22.1 Å². The van der Waals surface area contributed by atoms with E-state index in [1.807, 2.05) is 44.2 Å². The highest BCUT2D eigenvalue weighted by Gasteiger charge is 2.15. The molecule has 3 nitrogen and oxygen atoms in total. The van der Waals surface area contributed by atoms with E-state index in [4.69, 9.17) is 9.15 Å². The molecule has 0 bridgehead atoms. The molecular formula is C24H25FO3. The molecule has 0 fully saturated rings. The molecule has 0 saturated carbocycles. The number of rotatable bonds is 8. The summed E-state index contributed by atoms with van der Waals surface area (Å²) in [5, 5.41) is 0.435. The van der Waals surface area contributed by atoms with Gasteiger partial charge in [-0.25, -0.2) is 9.18 Å². The third-order valence-electron chi connectivity index (χ3n) is 4.66. The van der Waals surface area contributed by atoms with E-state index in [0.717, 1.165) is 31.2 Å². The smallest absolute Gasteiger partial charge is 0.347 e. The van der Waals surface area contributed by atoms with E-state index in [2.05, 4.69) is 6.08 Å². The highest BCUT2D eigenvalue weighted by molar-refractivity contribution is 5.86. The summed E-state index contributed by atoms with van der Waals surface area (Å²) in [6, 6.07) is 12.9. The molecule has 0 aliphatic rings. The van der Waals surface area contributed by atoms with Gasteiger partial charge in [0, 0.05) is 5.56 Å². The van der Waals surface area contributed by atoms with Crippen molar-refractivity contribution in [3.63, 3.8) is 0 Å². The maximum atomic E-state index is 14.7. The van der Waals surface area contributed by atoms with Crippen LogP contribution in [-0.4, -0.2) is 6.61 Å². The number of fused-ring (bicyclic) bond motifs is 1. The van der Waals surface area contributed by atoms with Crippen molar-refractivity contribution in [3.8, 4) is 17.1 Å². The summed E-state index contributed by atoms with van der Waals surface area (Å²) in [6.07, 6.45) is 7.90. The quantitative estimate of drug-likeness (QED) is 0.341. The van der Waals surface area contributed by atoms with Crippen LogP contribution in [0.15, 0.2) is 63.8 Å². The Morgan fingerprint density at radius 3 is 2.64 bits per heavy atom. The maximum Gasteiger partial charge on any atom is 0.347 e. The summed E-state index contributed by atoms with van der Waals surface area (Å²) in [6.45, 7) is 4.46. The largest absolute Gasteiger partial charge is 0.490 e. The van der Waals surface area contributed by atoms with Gasteiger partial charge in [0.05, 0.1) is 6.61 Å². The van der Waals surface area contributed by atoms with E-state index in [9.17, 15) is 9.18 Å². The highest BCUT2D eigenvalue weighted by Crippen LogP contribution is 2.28. The fourth-order valence-electron chi connectivity index (χ4n) is 3.05. The molecule has 4 heteroatoms. The predicted molar refractivity (Wildman–Crippen MR) is 111 cm³/mol. The fourth-order valence-corrected chi connectivity index (χ4v) is 3.05. The first-order chi connectivity index (χ1) is 13.6. The molecule has 0 unspecified atom stereocenters. The molecule has 3 aromatic rings. The number of hydrogen-bond donors (Lipinski definition) is 0. The molecule has 0 atom stereocenters. The van der Waals surface area contributed by atoms with Gasteiger partial charge in [0.25, 0.3) is 0 Å². The van der Waals surface area contributed by atoms with Gasteiger partial charge in [0.1, 0.15) is 11.1 Å². The fraction of sp³-hybridized carbons (Fsp3) is 0.292. The molecular weight excluding hydrogens is 355 g/mol. The molecule has 0 N–H and O–H groups in total. The minimum atomic E-state index is -0.692. The van der Waals surface area contributed by atoms with Crippen molar-refractivity contribution in [2.24, 2.45) is 0 Å². The van der Waals surface area contributed by atoms with Crippen LogP contribution in [0.3, 0.4) is 0 Å². The first-order valence-electron chi connectivity index (χ1n) is 9.73. The number of unbranched alkanes of at least 4 members (excludes halogenated alkanes) is 1. The lowest BCUT2D eigenvalue weighted by Gasteiger charge is -2.09. The zero-order chi connectivity index (χ0) is 19.9. The molecule has 146 valence electrons. The molecule has 0 spiro atoms. The van der Waals surface area contributed by atoms with Crippen molar-refractivity contribution in [1.82, 2.24) is 0 Å². The van der Waals surface area contributed by atoms with Gasteiger partial charge in [0.2, 0.25) is 0 Å². The van der Waals surface area contributed by atoms with Crippen molar-refractivity contribution in [1.29, 1.82) is 0 Å². The first-order valence-corrected chi connectivity index (χ1v) is 9.73. The van der Waals surface area contributed by atoms with Crippen LogP contribution >= 0.6 is 0 Å². The molecule has 1 aromatic heterocycles. The minimum Gasteiger partial charge on any atom is -0.490 e. The van der Waals surface area contributed by atoms with Crippen LogP contribution in [-0.2, 0) is 6.42 Å². The summed E-state index contributed by atoms with van der Waals surface area (Å²) in [7, 11) is 0. The molecule has 0 radical (unpaired) electrons. The first kappa shape index (κ1) is 19.9. The SMILES string of the molecule is C/C=C/CCc1ccc(-c2cc3ccc(OCCCC)c(F)c3c(=O)o2)cc1. The second kappa shape index (κ2) is 9.36. The van der Waals surface area contributed by atoms with Crippen LogP contribution < -0.4 is 10.4 Å². The van der Waals surface area contributed by atoms with E-state index in [1.54, 1.807) is 18.2 Å². The van der Waals surface area contributed by atoms with Gasteiger partial charge < -0.3 is 9.15 Å². The molecule has 0 aliphatic heterocycles.